The zero-order chi connectivity index (χ0) is 19.6. The lowest BCUT2D eigenvalue weighted by Gasteiger charge is -2.26. The number of carbonyl (C=O) groups excluding carboxylic acids is 1. The number of nitrogens with one attached hydrogen (secondary N) is 4. The van der Waals surface area contributed by atoms with Gasteiger partial charge in [0, 0.05) is 11.7 Å². The predicted octanol–water partition coefficient (Wildman–Crippen LogP) is 3.74. The number of carbonyl (C=O) groups is 2. The Balaban J connectivity index is 1.87. The number of hydrogen-bond acceptors (Lipinski definition) is 4. The molecule has 1 aliphatic rings. The van der Waals surface area contributed by atoms with Crippen molar-refractivity contribution in [1.82, 2.24) is 10.3 Å². The van der Waals surface area contributed by atoms with Crippen molar-refractivity contribution in [3.8, 4) is 0 Å². The Bertz CT molecular complexity index is 876. The van der Waals surface area contributed by atoms with E-state index in [1.165, 1.54) is 12.1 Å². The van der Waals surface area contributed by atoms with E-state index in [1.807, 2.05) is 0 Å². The van der Waals surface area contributed by atoms with Crippen LogP contribution in [-0.2, 0) is 0 Å². The van der Waals surface area contributed by atoms with E-state index in [0.29, 0.717) is 22.1 Å². The number of hydrogen-bond donors (Lipinski definition) is 5. The molecule has 2 heterocycles. The van der Waals surface area contributed by atoms with Gasteiger partial charge >= 0.3 is 5.97 Å². The van der Waals surface area contributed by atoms with Crippen LogP contribution in [0.15, 0.2) is 18.2 Å². The van der Waals surface area contributed by atoms with Crippen molar-refractivity contribution in [2.45, 2.75) is 25.8 Å². The number of carboxylic acid groups (broad SMARTS) is 1. The molecule has 3 rings (SSSR count). The highest BCUT2D eigenvalue weighted by molar-refractivity contribution is 6.44. The first-order chi connectivity index (χ1) is 12.9. The second-order valence-electron chi connectivity index (χ2n) is 6.44. The van der Waals surface area contributed by atoms with Crippen LogP contribution >= 0.6 is 23.2 Å². The summed E-state index contributed by atoms with van der Waals surface area (Å²) in [6.45, 7) is 3.48. The van der Waals surface area contributed by atoms with Crippen LogP contribution in [0.2, 0.25) is 10.0 Å². The molecular formula is C18H20Cl2N4O3. The number of anilines is 2. The van der Waals surface area contributed by atoms with Gasteiger partial charge in [-0.3, -0.25) is 4.79 Å². The zero-order valence-electron chi connectivity index (χ0n) is 14.7. The Labute approximate surface area is 166 Å². The summed E-state index contributed by atoms with van der Waals surface area (Å²) in [5.74, 6) is -1.48. The van der Waals surface area contributed by atoms with E-state index in [1.54, 1.807) is 13.0 Å². The van der Waals surface area contributed by atoms with Crippen molar-refractivity contribution >= 4 is 46.5 Å². The number of halogens is 2. The largest absolute Gasteiger partial charge is 0.478 e. The third-order valence-electron chi connectivity index (χ3n) is 4.49. The molecule has 1 aliphatic heterocycles. The van der Waals surface area contributed by atoms with E-state index in [9.17, 15) is 14.7 Å². The molecule has 0 unspecified atom stereocenters. The third-order valence-corrected chi connectivity index (χ3v) is 5.44. The van der Waals surface area contributed by atoms with Gasteiger partial charge in [0.1, 0.15) is 5.69 Å². The Hall–Kier alpha value is -2.22. The fraction of sp³-hybridized carbons (Fsp3) is 0.333. The van der Waals surface area contributed by atoms with Crippen molar-refractivity contribution < 1.29 is 14.7 Å². The number of benzene rings is 1. The maximum Gasteiger partial charge on any atom is 0.335 e. The first-order valence-corrected chi connectivity index (χ1v) is 9.32. The molecule has 1 amide bonds. The Kier molecular flexibility index (Phi) is 5.94. The average Bonchev–Trinajstić information content (AvgIpc) is 2.91. The predicted molar refractivity (Wildman–Crippen MR) is 106 cm³/mol. The van der Waals surface area contributed by atoms with Crippen LogP contribution in [0.3, 0.4) is 0 Å². The maximum absolute atomic E-state index is 12.6. The van der Waals surface area contributed by atoms with E-state index in [-0.39, 0.29) is 22.3 Å². The van der Waals surface area contributed by atoms with Gasteiger partial charge in [-0.25, -0.2) is 4.79 Å². The van der Waals surface area contributed by atoms with Gasteiger partial charge in [-0.05, 0) is 51.1 Å². The topological polar surface area (TPSA) is 106 Å². The lowest BCUT2D eigenvalue weighted by atomic mass is 10.1. The van der Waals surface area contributed by atoms with Crippen molar-refractivity contribution in [3.05, 3.63) is 45.2 Å². The first kappa shape index (κ1) is 19.5. The third kappa shape index (κ3) is 4.37. The second kappa shape index (κ2) is 8.21. The monoisotopic (exact) mass is 410 g/mol. The van der Waals surface area contributed by atoms with Crippen LogP contribution in [0.25, 0.3) is 0 Å². The summed E-state index contributed by atoms with van der Waals surface area (Å²) in [7, 11) is 0. The summed E-state index contributed by atoms with van der Waals surface area (Å²) in [5, 5.41) is 19.1. The van der Waals surface area contributed by atoms with E-state index in [2.05, 4.69) is 20.9 Å². The Morgan fingerprint density at radius 2 is 1.85 bits per heavy atom. The summed E-state index contributed by atoms with van der Waals surface area (Å²) >= 11 is 12.1. The summed E-state index contributed by atoms with van der Waals surface area (Å²) < 4.78 is 0. The number of H-pyrrole nitrogens is 1. The van der Waals surface area contributed by atoms with Gasteiger partial charge in [0.2, 0.25) is 0 Å². The lowest BCUT2D eigenvalue weighted by Crippen LogP contribution is -2.35. The van der Waals surface area contributed by atoms with Crippen molar-refractivity contribution in [2.75, 3.05) is 23.7 Å². The van der Waals surface area contributed by atoms with Crippen LogP contribution in [0, 0.1) is 6.92 Å². The molecule has 27 heavy (non-hydrogen) atoms. The fourth-order valence-corrected chi connectivity index (χ4v) is 3.42. The molecule has 1 fully saturated rings. The van der Waals surface area contributed by atoms with Crippen molar-refractivity contribution in [1.29, 1.82) is 0 Å². The molecule has 0 spiro atoms. The molecule has 1 saturated heterocycles. The quantitative estimate of drug-likeness (QED) is 0.516. The molecule has 0 aliphatic carbocycles. The highest BCUT2D eigenvalue weighted by Crippen LogP contribution is 2.31. The zero-order valence-corrected chi connectivity index (χ0v) is 16.2. The number of aryl methyl sites for hydroxylation is 1. The normalized spacial score (nSPS) is 14.8. The second-order valence-corrected chi connectivity index (χ2v) is 7.20. The van der Waals surface area contributed by atoms with Gasteiger partial charge < -0.3 is 26.0 Å². The number of amides is 1. The number of aromatic carboxylic acids is 1. The molecule has 1 aromatic carbocycles. The van der Waals surface area contributed by atoms with E-state index >= 15 is 0 Å². The Morgan fingerprint density at radius 3 is 2.44 bits per heavy atom. The number of piperidine rings is 1. The number of aromatic nitrogens is 1. The number of aromatic amines is 1. The standard InChI is InChI=1S/C18H20Cl2N4O3/c1-9-14(19)15(20)16(22-9)17(25)24-12-3-2-10(18(26)27)8-13(12)23-11-4-6-21-7-5-11/h2-3,8,11,21-23H,4-7H2,1H3,(H,24,25)(H,26,27). The molecule has 7 nitrogen and oxygen atoms in total. The van der Waals surface area contributed by atoms with Crippen LogP contribution in [0.1, 0.15) is 39.4 Å². The highest BCUT2D eigenvalue weighted by Gasteiger charge is 2.21. The van der Waals surface area contributed by atoms with Gasteiger partial charge in [-0.2, -0.15) is 0 Å². The summed E-state index contributed by atoms with van der Waals surface area (Å²) in [4.78, 5) is 26.8. The van der Waals surface area contributed by atoms with Gasteiger partial charge in [0.15, 0.2) is 0 Å². The lowest BCUT2D eigenvalue weighted by molar-refractivity contribution is 0.0696. The van der Waals surface area contributed by atoms with Crippen LogP contribution in [0.4, 0.5) is 11.4 Å². The molecule has 0 atom stereocenters. The van der Waals surface area contributed by atoms with E-state index < -0.39 is 11.9 Å². The minimum atomic E-state index is -1.03. The average molecular weight is 411 g/mol. The van der Waals surface area contributed by atoms with Crippen LogP contribution in [0.5, 0.6) is 0 Å². The van der Waals surface area contributed by atoms with Crippen LogP contribution in [-0.4, -0.2) is 41.1 Å². The minimum absolute atomic E-state index is 0.140. The SMILES string of the molecule is Cc1[nH]c(C(=O)Nc2ccc(C(=O)O)cc2NC2CCNCC2)c(Cl)c1Cl. The van der Waals surface area contributed by atoms with E-state index in [4.69, 9.17) is 23.2 Å². The van der Waals surface area contributed by atoms with Crippen molar-refractivity contribution in [2.24, 2.45) is 0 Å². The fourth-order valence-electron chi connectivity index (χ4n) is 3.00. The molecule has 0 radical (unpaired) electrons. The molecule has 5 N–H and O–H groups in total. The first-order valence-electron chi connectivity index (χ1n) is 8.56. The maximum atomic E-state index is 12.6. The minimum Gasteiger partial charge on any atom is -0.478 e. The molecule has 1 aromatic heterocycles. The molecule has 0 saturated carbocycles. The van der Waals surface area contributed by atoms with Crippen LogP contribution < -0.4 is 16.0 Å². The van der Waals surface area contributed by atoms with Crippen molar-refractivity contribution in [3.63, 3.8) is 0 Å². The molecule has 144 valence electrons. The highest BCUT2D eigenvalue weighted by atomic mass is 35.5. The number of rotatable bonds is 5. The molecule has 2 aromatic rings. The summed E-state index contributed by atoms with van der Waals surface area (Å²) in [6, 6.07) is 4.72. The summed E-state index contributed by atoms with van der Waals surface area (Å²) in [5.41, 5.74) is 1.93. The van der Waals surface area contributed by atoms with Gasteiger partial charge in [-0.1, -0.05) is 23.2 Å². The van der Waals surface area contributed by atoms with Gasteiger partial charge in [0.05, 0.1) is 27.0 Å². The Morgan fingerprint density at radius 1 is 1.15 bits per heavy atom. The molecule has 0 bridgehead atoms. The number of carboxylic acids is 1. The molecular weight excluding hydrogens is 391 g/mol. The van der Waals surface area contributed by atoms with Gasteiger partial charge in [0.25, 0.3) is 5.91 Å². The smallest absolute Gasteiger partial charge is 0.335 e. The molecule has 9 heteroatoms. The van der Waals surface area contributed by atoms with Gasteiger partial charge in [-0.15, -0.1) is 0 Å². The van der Waals surface area contributed by atoms with E-state index in [0.717, 1.165) is 25.9 Å². The summed E-state index contributed by atoms with van der Waals surface area (Å²) in [6.07, 6.45) is 1.81.